The Morgan fingerprint density at radius 3 is 2.50 bits per heavy atom. The van der Waals surface area contributed by atoms with E-state index >= 15 is 0 Å². The fraction of sp³-hybridized carbons (Fsp3) is 0.444. The topological polar surface area (TPSA) is 116 Å². The number of fused-ring (bicyclic) bond motifs is 1. The van der Waals surface area contributed by atoms with Gasteiger partial charge in [0.2, 0.25) is 5.52 Å². The van der Waals surface area contributed by atoms with Gasteiger partial charge in [0.15, 0.2) is 0 Å². The zero-order valence-corrected chi connectivity index (χ0v) is 10.00. The highest BCUT2D eigenvalue weighted by Gasteiger charge is 2.28. The smallest absolute Gasteiger partial charge is 0.390 e. The first-order valence-corrected chi connectivity index (χ1v) is 5.20. The fourth-order valence-electron chi connectivity index (χ4n) is 1.81. The van der Waals surface area contributed by atoms with Crippen LogP contribution >= 0.6 is 0 Å². The molecular weight excluding hydrogens is 242 g/mol. The summed E-state index contributed by atoms with van der Waals surface area (Å²) in [5, 5.41) is 10.9. The Morgan fingerprint density at radius 1 is 1.39 bits per heavy atom. The van der Waals surface area contributed by atoms with Crippen LogP contribution in [-0.4, -0.2) is 24.0 Å². The molecule has 9 nitrogen and oxygen atoms in total. The molecule has 96 valence electrons. The van der Waals surface area contributed by atoms with Crippen LogP contribution in [0.4, 0.5) is 5.95 Å². The summed E-state index contributed by atoms with van der Waals surface area (Å²) in [7, 11) is 1.39. The zero-order chi connectivity index (χ0) is 13.6. The summed E-state index contributed by atoms with van der Waals surface area (Å²) in [6.07, 6.45) is 0. The lowest BCUT2D eigenvalue weighted by molar-refractivity contribution is -0.396. The molecule has 0 aliphatic carbocycles. The normalized spacial score (nSPS) is 11.3. The second-order valence-corrected chi connectivity index (χ2v) is 4.12. The van der Waals surface area contributed by atoms with Crippen molar-refractivity contribution in [2.24, 2.45) is 7.05 Å². The van der Waals surface area contributed by atoms with Crippen molar-refractivity contribution in [1.82, 2.24) is 19.1 Å². The minimum atomic E-state index is -0.678. The molecule has 1 N–H and O–H groups in total. The van der Waals surface area contributed by atoms with Crippen molar-refractivity contribution in [3.8, 4) is 0 Å². The van der Waals surface area contributed by atoms with E-state index in [1.165, 1.54) is 11.6 Å². The third kappa shape index (κ3) is 1.51. The first-order chi connectivity index (χ1) is 8.34. The average Bonchev–Trinajstić information content (AvgIpc) is 2.66. The number of hydrogen-bond acceptors (Lipinski definition) is 5. The summed E-state index contributed by atoms with van der Waals surface area (Å²) in [5.41, 5.74) is -1.30. The van der Waals surface area contributed by atoms with E-state index in [0.29, 0.717) is 0 Å². The quantitative estimate of drug-likeness (QED) is 0.593. The Labute approximate surface area is 99.8 Å². The van der Waals surface area contributed by atoms with Gasteiger partial charge in [-0.25, -0.2) is 9.36 Å². The average molecular weight is 253 g/mol. The van der Waals surface area contributed by atoms with Crippen LogP contribution in [0.15, 0.2) is 9.59 Å². The molecule has 0 atom stereocenters. The molecule has 0 spiro atoms. The third-order valence-corrected chi connectivity index (χ3v) is 2.61. The minimum Gasteiger partial charge on any atom is -0.390 e. The highest BCUT2D eigenvalue weighted by atomic mass is 16.6. The predicted molar refractivity (Wildman–Crippen MR) is 62.6 cm³/mol. The van der Waals surface area contributed by atoms with Gasteiger partial charge in [-0.1, -0.05) is 0 Å². The number of imidazole rings is 1. The molecule has 2 heterocycles. The molecular formula is C9H11N5O4. The molecule has 0 aliphatic rings. The highest BCUT2D eigenvalue weighted by molar-refractivity contribution is 5.72. The van der Waals surface area contributed by atoms with E-state index in [-0.39, 0.29) is 17.2 Å². The van der Waals surface area contributed by atoms with Gasteiger partial charge in [-0.2, -0.15) is 0 Å². The van der Waals surface area contributed by atoms with Gasteiger partial charge in [0.1, 0.15) is 0 Å². The second-order valence-electron chi connectivity index (χ2n) is 4.12. The number of nitrogens with zero attached hydrogens (tertiary/aromatic N) is 4. The SMILES string of the molecule is CC(C)n1c([N+](=O)[O-])nc2c1c(=O)[nH]c(=O)n2C. The highest BCUT2D eigenvalue weighted by Crippen LogP contribution is 2.21. The number of aromatic nitrogens is 4. The molecule has 2 aromatic rings. The van der Waals surface area contributed by atoms with Crippen molar-refractivity contribution in [2.75, 3.05) is 0 Å². The summed E-state index contributed by atoms with van der Waals surface area (Å²) in [6, 6.07) is -0.325. The molecule has 0 saturated heterocycles. The molecule has 2 rings (SSSR count). The number of H-pyrrole nitrogens is 1. The van der Waals surface area contributed by atoms with Crippen molar-refractivity contribution < 1.29 is 4.92 Å². The summed E-state index contributed by atoms with van der Waals surface area (Å²) < 4.78 is 2.27. The molecule has 0 fully saturated rings. The monoisotopic (exact) mass is 253 g/mol. The van der Waals surface area contributed by atoms with Crippen molar-refractivity contribution in [3.05, 3.63) is 31.0 Å². The first-order valence-electron chi connectivity index (χ1n) is 5.20. The van der Waals surface area contributed by atoms with Crippen LogP contribution in [0.2, 0.25) is 0 Å². The maximum Gasteiger partial charge on any atom is 0.437 e. The largest absolute Gasteiger partial charge is 0.437 e. The van der Waals surface area contributed by atoms with Crippen LogP contribution < -0.4 is 11.2 Å². The Bertz CT molecular complexity index is 751. The lowest BCUT2D eigenvalue weighted by atomic mass is 10.3. The van der Waals surface area contributed by atoms with E-state index in [9.17, 15) is 19.7 Å². The van der Waals surface area contributed by atoms with Crippen LogP contribution in [0.5, 0.6) is 0 Å². The summed E-state index contributed by atoms with van der Waals surface area (Å²) in [4.78, 5) is 39.3. The summed E-state index contributed by atoms with van der Waals surface area (Å²) >= 11 is 0. The molecule has 0 radical (unpaired) electrons. The maximum atomic E-state index is 11.8. The Morgan fingerprint density at radius 2 is 2.00 bits per heavy atom. The van der Waals surface area contributed by atoms with E-state index in [1.54, 1.807) is 13.8 Å². The summed E-state index contributed by atoms with van der Waals surface area (Å²) in [5.74, 6) is -0.452. The van der Waals surface area contributed by atoms with Crippen LogP contribution in [0.3, 0.4) is 0 Å². The van der Waals surface area contributed by atoms with E-state index in [1.807, 2.05) is 0 Å². The third-order valence-electron chi connectivity index (χ3n) is 2.61. The molecule has 0 saturated carbocycles. The van der Waals surface area contributed by atoms with Crippen molar-refractivity contribution >= 4 is 17.1 Å². The number of nitrogens with one attached hydrogen (secondary N) is 1. The second kappa shape index (κ2) is 3.79. The van der Waals surface area contributed by atoms with Gasteiger partial charge >= 0.3 is 11.6 Å². The van der Waals surface area contributed by atoms with E-state index in [4.69, 9.17) is 0 Å². The lowest BCUT2D eigenvalue weighted by Crippen LogP contribution is -2.29. The van der Waals surface area contributed by atoms with Gasteiger partial charge in [0, 0.05) is 7.05 Å². The van der Waals surface area contributed by atoms with Crippen LogP contribution in [-0.2, 0) is 7.05 Å². The van der Waals surface area contributed by atoms with E-state index < -0.39 is 22.1 Å². The molecule has 2 aromatic heterocycles. The lowest BCUT2D eigenvalue weighted by Gasteiger charge is -2.04. The van der Waals surface area contributed by atoms with Crippen LogP contribution in [0, 0.1) is 10.1 Å². The number of rotatable bonds is 2. The molecule has 9 heteroatoms. The van der Waals surface area contributed by atoms with E-state index in [0.717, 1.165) is 4.57 Å². The maximum absolute atomic E-state index is 11.8. The van der Waals surface area contributed by atoms with E-state index in [2.05, 4.69) is 9.97 Å². The molecule has 0 aromatic carbocycles. The number of aromatic amines is 1. The number of aryl methyl sites for hydroxylation is 1. The number of hydrogen-bond donors (Lipinski definition) is 1. The number of nitro groups is 1. The molecule has 0 unspecified atom stereocenters. The predicted octanol–water partition coefficient (Wildman–Crippen LogP) is -0.0876. The Kier molecular flexibility index (Phi) is 2.53. The van der Waals surface area contributed by atoms with Crippen LogP contribution in [0.1, 0.15) is 19.9 Å². The van der Waals surface area contributed by atoms with Gasteiger partial charge in [0.25, 0.3) is 11.2 Å². The fourth-order valence-corrected chi connectivity index (χ4v) is 1.81. The van der Waals surface area contributed by atoms with Crippen molar-refractivity contribution in [1.29, 1.82) is 0 Å². The van der Waals surface area contributed by atoms with Crippen molar-refractivity contribution in [2.45, 2.75) is 19.9 Å². The molecule has 0 aliphatic heterocycles. The molecule has 0 amide bonds. The van der Waals surface area contributed by atoms with Gasteiger partial charge in [-0.15, -0.1) is 0 Å². The summed E-state index contributed by atoms with van der Waals surface area (Å²) in [6.45, 7) is 3.39. The zero-order valence-electron chi connectivity index (χ0n) is 10.00. The standard InChI is InChI=1S/C9H11N5O4/c1-4(2)13-5-6(10-8(13)14(17)18)12(3)9(16)11-7(5)15/h4H,1-3H3,(H,11,15,16). The first kappa shape index (κ1) is 12.0. The Balaban J connectivity index is 3.08. The minimum absolute atomic E-state index is 0.00384. The molecule has 18 heavy (non-hydrogen) atoms. The van der Waals surface area contributed by atoms with Crippen molar-refractivity contribution in [3.63, 3.8) is 0 Å². The van der Waals surface area contributed by atoms with Gasteiger partial charge in [-0.3, -0.25) is 14.3 Å². The molecule has 0 bridgehead atoms. The van der Waals surface area contributed by atoms with Gasteiger partial charge in [0.05, 0.1) is 6.04 Å². The Hall–Kier alpha value is -2.45. The van der Waals surface area contributed by atoms with Gasteiger partial charge < -0.3 is 10.1 Å². The van der Waals surface area contributed by atoms with Gasteiger partial charge in [-0.05, 0) is 23.8 Å². The van der Waals surface area contributed by atoms with Crippen LogP contribution in [0.25, 0.3) is 11.2 Å².